The summed E-state index contributed by atoms with van der Waals surface area (Å²) in [4.78, 5) is 144. The number of carboxylic acid groups (broad SMARTS) is 5. The van der Waals surface area contributed by atoms with Crippen LogP contribution in [0.5, 0.6) is 0 Å². The van der Waals surface area contributed by atoms with E-state index in [2.05, 4.69) is 164 Å². The molecule has 0 spiro atoms. The van der Waals surface area contributed by atoms with Gasteiger partial charge in [0.05, 0.1) is 106 Å². The molecule has 0 amide bonds. The maximum Gasteiger partial charge on any atom is 0.438 e. The van der Waals surface area contributed by atoms with E-state index in [-0.39, 0.29) is 136 Å². The zero-order valence-electron chi connectivity index (χ0n) is 92.9. The molecule has 0 aliphatic carbocycles. The molecule has 145 heavy (non-hydrogen) atoms. The van der Waals surface area contributed by atoms with E-state index in [9.17, 15) is 67.1 Å². The monoisotopic (exact) mass is 2090 g/mol. The summed E-state index contributed by atoms with van der Waals surface area (Å²) in [6.07, 6.45) is 5.56. The summed E-state index contributed by atoms with van der Waals surface area (Å²) in [7, 11) is 0. The number of nitrogens with zero attached hydrogens (tertiary/aromatic N) is 16. The normalized spacial score (nSPS) is 17.5. The Morgan fingerprint density at radius 1 is 0.366 bits per heavy atom. The van der Waals surface area contributed by atoms with E-state index in [0.29, 0.717) is 43.8 Å². The molecule has 56 nitrogen and oxygen atoms in total. The van der Waals surface area contributed by atoms with Crippen molar-refractivity contribution in [2.75, 3.05) is 6.79 Å². The molecular weight excluding hydrogens is 1920 g/mol. The summed E-state index contributed by atoms with van der Waals surface area (Å²) in [5.41, 5.74) is 0. The molecule has 838 valence electrons. The van der Waals surface area contributed by atoms with E-state index in [1.165, 1.54) is 41.5 Å². The second-order valence-corrected chi connectivity index (χ2v) is 31.5. The Labute approximate surface area is 851 Å². The van der Waals surface area contributed by atoms with Gasteiger partial charge in [-0.2, -0.15) is 26.1 Å². The van der Waals surface area contributed by atoms with Crippen LogP contribution in [-0.2, 0) is 132 Å². The largest absolute Gasteiger partial charge is 0.481 e. The van der Waals surface area contributed by atoms with E-state index in [1.54, 1.807) is 48.5 Å². The summed E-state index contributed by atoms with van der Waals surface area (Å²) in [5.74, 6) is -1.07. The first kappa shape index (κ1) is 141. The Kier molecular flexibility index (Phi) is 99.2. The lowest BCUT2D eigenvalue weighted by Crippen LogP contribution is -2.31. The number of aliphatic hydroxyl groups excluding tert-OH is 6. The number of nitrogens with one attached hydrogen (secondary N) is 6. The van der Waals surface area contributed by atoms with Crippen LogP contribution in [0.25, 0.3) is 0 Å². The van der Waals surface area contributed by atoms with Crippen LogP contribution in [0.2, 0.25) is 0 Å². The number of H-pyrrole nitrogens is 6. The smallest absolute Gasteiger partial charge is 0.438 e. The van der Waals surface area contributed by atoms with E-state index < -0.39 is 85.0 Å². The van der Waals surface area contributed by atoms with Crippen LogP contribution in [-0.4, -0.2) is 333 Å². The van der Waals surface area contributed by atoms with Crippen LogP contribution in [0.4, 0.5) is 0 Å². The number of aliphatic hydroxyl groups is 6. The van der Waals surface area contributed by atoms with Gasteiger partial charge in [0.2, 0.25) is 0 Å². The number of aliphatic carboxylic acids is 5. The van der Waals surface area contributed by atoms with Gasteiger partial charge in [0.1, 0.15) is 23.1 Å². The number of ether oxygens (including phenoxy) is 8. The van der Waals surface area contributed by atoms with E-state index >= 15 is 0 Å². The SMILES string of the molecule is CC(=O)CC(C)O.CC(=O)CC(C)O.CC(=O)CC(C)O.CC(O)CC(=O)O.CC(O)CC(=O)O.CC(O)CC(=O)O.CC1CC(=O)OC(C)O1.CC1CC(=O)OC(C)O1.CC1CC(=O)OC(C)O1.CC1CC(=O)OCO1.CCC(C)c1nn[nH]n1.CCCC(=O)O.CCCC(C)=O.CCCc1nn[nH]n1.CCCc1nn[nH]n1.CCCc1nn[nH]n1.CCCc1nn[nH]n1.CCCc1noc(=O)[nH]1.[2H]C([2H])(C)C([2H])([2H])C(=O)O. The first-order valence-corrected chi connectivity index (χ1v) is 46.9. The Morgan fingerprint density at radius 3 is 0.786 bits per heavy atom. The van der Waals surface area contributed by atoms with Crippen LogP contribution >= 0.6 is 0 Å². The van der Waals surface area contributed by atoms with Crippen LogP contribution < -0.4 is 5.76 Å². The van der Waals surface area contributed by atoms with Crippen molar-refractivity contribution < 1.29 is 166 Å². The first-order chi connectivity index (χ1) is 69.2. The highest BCUT2D eigenvalue weighted by atomic mass is 16.7. The average Bonchev–Trinajstić information content (AvgIpc) is 1.31. The van der Waals surface area contributed by atoms with Crippen LogP contribution in [0.15, 0.2) is 9.32 Å². The predicted molar refractivity (Wildman–Crippen MR) is 518 cm³/mol. The molecule has 56 heteroatoms. The van der Waals surface area contributed by atoms with E-state index in [4.69, 9.17) is 94.8 Å². The third-order valence-electron chi connectivity index (χ3n) is 14.8. The topological polar surface area (TPSA) is 849 Å². The number of carbonyl (C=O) groups excluding carboxylic acids is 8. The molecule has 4 aliphatic heterocycles. The molecule has 0 saturated carbocycles. The Bertz CT molecular complexity index is 3930. The number of esters is 4. The highest BCUT2D eigenvalue weighted by Gasteiger charge is 2.25. The molecular formula is C89H168N22O34. The Balaban J connectivity index is -0.000000199. The lowest BCUT2D eigenvalue weighted by atomic mass is 10.1. The number of carboxylic acids is 5. The third kappa shape index (κ3) is 128. The summed E-state index contributed by atoms with van der Waals surface area (Å²) < 4.78 is 70.1. The van der Waals surface area contributed by atoms with Crippen molar-refractivity contribution in [3.8, 4) is 0 Å². The fourth-order valence-corrected chi connectivity index (χ4v) is 9.07. The number of hydrogen-bond donors (Lipinski definition) is 17. The van der Waals surface area contributed by atoms with Gasteiger partial charge in [-0.3, -0.25) is 67.0 Å². The van der Waals surface area contributed by atoms with Gasteiger partial charge in [-0.25, -0.2) is 4.79 Å². The Morgan fingerprint density at radius 2 is 0.655 bits per heavy atom. The van der Waals surface area contributed by atoms with Gasteiger partial charge >= 0.3 is 59.5 Å². The van der Waals surface area contributed by atoms with Gasteiger partial charge in [0.15, 0.2) is 60.6 Å². The number of aromatic amines is 6. The molecule has 4 aliphatic rings. The summed E-state index contributed by atoms with van der Waals surface area (Å²) in [6, 6.07) is 0. The third-order valence-corrected chi connectivity index (χ3v) is 14.8. The highest BCUT2D eigenvalue weighted by molar-refractivity contribution is 5.77. The molecule has 0 aromatic carbocycles. The molecule has 6 aromatic heterocycles. The first-order valence-electron chi connectivity index (χ1n) is 48.9. The number of Topliss-reactive ketones (excluding diaryl/α,β-unsaturated/α-hetero) is 4. The average molecular weight is 2090 g/mol. The number of aryl methyl sites for hydroxylation is 5. The van der Waals surface area contributed by atoms with E-state index in [1.807, 2.05) is 48.5 Å². The molecule has 4 fully saturated rings. The molecule has 17 N–H and O–H groups in total. The minimum absolute atomic E-state index is 0.0150. The molecule has 0 bridgehead atoms. The van der Waals surface area contributed by atoms with E-state index in [0.717, 1.165) is 126 Å². The standard InChI is InChI=1S/3C6H10O3.C5H10N4.C5H8N2O2.C5H8O3.3C5H10O2.C5H10O.4C4H8N4.3C4H8O3.2C4H8O2/c3*1-4-3-6(7)9-5(2)8-4;1-3-4(2)5-6-8-9-7-5;1-2-3-4-6-5(8)9-7-4;1-4-2-5(6)8-3-7-4;3*1-4(6)3-5(2)7;1-3-4-5(2)6;4*1-2-3-4-5-7-8-6-4;3*1-3(5)2-4(6)7;2*1-2-3-4(5)6/h3*4-5H,3H2,1-2H3;4H,3H2,1-2H3,(H,6,7,8,9);2-3H2,1H3,(H,6,7,8);4H,2-3H2,1H3;3*4,6H,3H2,1-2H3;3-4H2,1-2H3;4*2-3H2,1H3,(H,5,6,7,8);3*3,5H,2H2,1H3,(H,6,7);2*2-3H2,1H3,(H,5,6)/i;;;;;;;;;;;;;;;;;2D2,3D2;. The number of ketones is 4. The number of rotatable bonds is 30. The summed E-state index contributed by atoms with van der Waals surface area (Å²) in [6.45, 7) is 47.0. The zero-order valence-corrected chi connectivity index (χ0v) is 88.9. The van der Waals surface area contributed by atoms with Gasteiger partial charge < -0.3 is 98.9 Å². The van der Waals surface area contributed by atoms with Crippen LogP contribution in [0.1, 0.15) is 374 Å². The van der Waals surface area contributed by atoms with Gasteiger partial charge in [0, 0.05) is 82.0 Å². The molecule has 6 aromatic rings. The molecule has 14 unspecified atom stereocenters. The van der Waals surface area contributed by atoms with Crippen molar-refractivity contribution in [2.24, 2.45) is 0 Å². The van der Waals surface area contributed by atoms with Gasteiger partial charge in [-0.05, 0) is 175 Å². The van der Waals surface area contributed by atoms with Crippen molar-refractivity contribution in [1.29, 1.82) is 0 Å². The number of tetrazole rings is 5. The van der Waals surface area contributed by atoms with Crippen LogP contribution in [0, 0.1) is 0 Å². The predicted octanol–water partition coefficient (Wildman–Crippen LogP) is 7.67. The summed E-state index contributed by atoms with van der Waals surface area (Å²) in [5, 5.41) is 161. The minimum atomic E-state index is -2.81. The Hall–Kier alpha value is -12.2. The molecule has 10 rings (SSSR count). The second kappa shape index (κ2) is 102. The lowest BCUT2D eigenvalue weighted by molar-refractivity contribution is -0.207. The van der Waals surface area contributed by atoms with Crippen molar-refractivity contribution in [2.45, 2.75) is 446 Å². The van der Waals surface area contributed by atoms with Gasteiger partial charge in [-0.15, -0.1) is 51.0 Å². The van der Waals surface area contributed by atoms with Crippen molar-refractivity contribution in [3.05, 3.63) is 45.5 Å². The zero-order chi connectivity index (χ0) is 117. The molecule has 4 saturated heterocycles. The number of carbonyl (C=O) groups is 13. The lowest BCUT2D eigenvalue weighted by Gasteiger charge is -2.24. The highest BCUT2D eigenvalue weighted by Crippen LogP contribution is 2.15. The molecule has 0 radical (unpaired) electrons. The maximum atomic E-state index is 10.6. The number of hydrogen-bond acceptors (Lipinski definition) is 45. The quantitative estimate of drug-likeness (QED) is 0.0152. The maximum absolute atomic E-state index is 10.6. The minimum Gasteiger partial charge on any atom is -0.481 e. The molecule has 14 atom stereocenters. The van der Waals surface area contributed by atoms with Gasteiger partial charge in [-0.1, -0.05) is 100 Å². The molecule has 10 heterocycles. The van der Waals surface area contributed by atoms with Gasteiger partial charge in [0.25, 0.3) is 0 Å². The second-order valence-electron chi connectivity index (χ2n) is 31.5. The van der Waals surface area contributed by atoms with Crippen LogP contribution in [0.3, 0.4) is 0 Å². The van der Waals surface area contributed by atoms with Crippen molar-refractivity contribution in [3.63, 3.8) is 0 Å². The van der Waals surface area contributed by atoms with Crippen molar-refractivity contribution >= 4 is 76.9 Å². The number of cyclic esters (lactones) is 4. The number of aromatic nitrogens is 22. The fourth-order valence-electron chi connectivity index (χ4n) is 9.07. The fraction of sp³-hybridized carbons (Fsp3) is 0.775. The van der Waals surface area contributed by atoms with Crippen molar-refractivity contribution in [1.82, 2.24) is 113 Å². The summed E-state index contributed by atoms with van der Waals surface area (Å²) >= 11 is 0.